The zero-order valence-corrected chi connectivity index (χ0v) is 16.9. The average molecular weight is 400 g/mol. The Hall–Kier alpha value is -2.47. The summed E-state index contributed by atoms with van der Waals surface area (Å²) in [5.41, 5.74) is 2.45. The van der Waals surface area contributed by atoms with Crippen molar-refractivity contribution in [2.75, 3.05) is 18.4 Å². The van der Waals surface area contributed by atoms with Crippen LogP contribution in [0.5, 0.6) is 0 Å². The van der Waals surface area contributed by atoms with E-state index in [1.165, 1.54) is 11.6 Å². The molecule has 0 saturated carbocycles. The average Bonchev–Trinajstić information content (AvgIpc) is 2.70. The summed E-state index contributed by atoms with van der Waals surface area (Å²) in [7, 11) is 0. The van der Waals surface area contributed by atoms with Gasteiger partial charge in [-0.3, -0.25) is 4.79 Å². The second kappa shape index (κ2) is 9.64. The summed E-state index contributed by atoms with van der Waals surface area (Å²) < 4.78 is 13.7. The maximum atomic E-state index is 13.7. The minimum Gasteiger partial charge on any atom is -0.353 e. The van der Waals surface area contributed by atoms with Crippen molar-refractivity contribution >= 4 is 28.9 Å². The van der Waals surface area contributed by atoms with Crippen molar-refractivity contribution in [3.05, 3.63) is 65.5 Å². The second-order valence-corrected chi connectivity index (χ2v) is 7.60. The first-order valence-electron chi connectivity index (χ1n) is 9.66. The van der Waals surface area contributed by atoms with E-state index in [0.29, 0.717) is 22.8 Å². The van der Waals surface area contributed by atoms with Crippen LogP contribution in [0.25, 0.3) is 0 Å². The van der Waals surface area contributed by atoms with Crippen LogP contribution in [0.2, 0.25) is 0 Å². The van der Waals surface area contributed by atoms with Crippen LogP contribution in [0, 0.1) is 12.7 Å². The number of hydrogen-bond acceptors (Lipinski definition) is 2. The molecule has 2 aromatic carbocycles. The van der Waals surface area contributed by atoms with Gasteiger partial charge in [0, 0.05) is 31.2 Å². The van der Waals surface area contributed by atoms with E-state index >= 15 is 0 Å². The van der Waals surface area contributed by atoms with Crippen molar-refractivity contribution < 1.29 is 9.18 Å². The van der Waals surface area contributed by atoms with E-state index in [1.54, 1.807) is 13.0 Å². The molecule has 6 heteroatoms. The molecule has 0 atom stereocenters. The molecule has 4 nitrogen and oxygen atoms in total. The Morgan fingerprint density at radius 3 is 2.57 bits per heavy atom. The van der Waals surface area contributed by atoms with Gasteiger partial charge in [0.05, 0.1) is 0 Å². The number of amides is 1. The molecule has 2 aromatic rings. The van der Waals surface area contributed by atoms with Gasteiger partial charge >= 0.3 is 0 Å². The highest BCUT2D eigenvalue weighted by molar-refractivity contribution is 7.80. The smallest absolute Gasteiger partial charge is 0.220 e. The fourth-order valence-corrected chi connectivity index (χ4v) is 3.60. The van der Waals surface area contributed by atoms with Crippen LogP contribution in [0.4, 0.5) is 10.1 Å². The molecule has 0 radical (unpaired) electrons. The van der Waals surface area contributed by atoms with E-state index in [-0.39, 0.29) is 17.8 Å². The Kier molecular flexibility index (Phi) is 6.98. The largest absolute Gasteiger partial charge is 0.353 e. The monoisotopic (exact) mass is 399 g/mol. The molecule has 1 amide bonds. The molecule has 2 N–H and O–H groups in total. The van der Waals surface area contributed by atoms with Crippen LogP contribution in [-0.4, -0.2) is 35.1 Å². The van der Waals surface area contributed by atoms with Gasteiger partial charge in [-0.2, -0.15) is 0 Å². The molecule has 1 aliphatic heterocycles. The maximum Gasteiger partial charge on any atom is 0.220 e. The minimum atomic E-state index is -0.246. The lowest BCUT2D eigenvalue weighted by Crippen LogP contribution is -2.47. The number of likely N-dealkylation sites (tertiary alicyclic amines) is 1. The van der Waals surface area contributed by atoms with Crippen LogP contribution < -0.4 is 10.6 Å². The minimum absolute atomic E-state index is 0.0955. The number of rotatable bonds is 5. The molecule has 1 fully saturated rings. The fourth-order valence-electron chi connectivity index (χ4n) is 3.30. The van der Waals surface area contributed by atoms with Crippen molar-refractivity contribution in [3.63, 3.8) is 0 Å². The second-order valence-electron chi connectivity index (χ2n) is 7.21. The van der Waals surface area contributed by atoms with Crippen molar-refractivity contribution in [3.8, 4) is 0 Å². The summed E-state index contributed by atoms with van der Waals surface area (Å²) in [4.78, 5) is 14.3. The van der Waals surface area contributed by atoms with Crippen LogP contribution >= 0.6 is 12.2 Å². The zero-order valence-electron chi connectivity index (χ0n) is 16.1. The highest BCUT2D eigenvalue weighted by Crippen LogP contribution is 2.16. The molecule has 3 rings (SSSR count). The van der Waals surface area contributed by atoms with Crippen LogP contribution in [-0.2, 0) is 11.2 Å². The number of carbonyl (C=O) groups is 1. The third-order valence-electron chi connectivity index (χ3n) is 5.05. The highest BCUT2D eigenvalue weighted by Gasteiger charge is 2.22. The number of aryl methyl sites for hydroxylation is 2. The summed E-state index contributed by atoms with van der Waals surface area (Å²) in [5, 5.41) is 6.83. The molecular formula is C22H26FN3OS. The highest BCUT2D eigenvalue weighted by atomic mass is 32.1. The summed E-state index contributed by atoms with van der Waals surface area (Å²) in [6, 6.07) is 15.2. The third-order valence-corrected chi connectivity index (χ3v) is 5.41. The number of anilines is 1. The number of nitrogens with zero attached hydrogens (tertiary/aromatic N) is 1. The molecule has 1 heterocycles. The number of carbonyl (C=O) groups excluding carboxylic acids is 1. The topological polar surface area (TPSA) is 44.4 Å². The number of nitrogens with one attached hydrogen (secondary N) is 2. The van der Waals surface area contributed by atoms with Crippen LogP contribution in [0.3, 0.4) is 0 Å². The molecule has 1 aliphatic rings. The van der Waals surface area contributed by atoms with Crippen molar-refractivity contribution in [1.82, 2.24) is 10.2 Å². The predicted molar refractivity (Wildman–Crippen MR) is 115 cm³/mol. The molecule has 0 spiro atoms. The van der Waals surface area contributed by atoms with Gasteiger partial charge in [0.25, 0.3) is 0 Å². The summed E-state index contributed by atoms with van der Waals surface area (Å²) in [5.74, 6) is -0.150. The first-order valence-corrected chi connectivity index (χ1v) is 10.1. The van der Waals surface area contributed by atoms with Gasteiger partial charge in [0.2, 0.25) is 5.91 Å². The fraction of sp³-hybridized carbons (Fsp3) is 0.364. The number of halogens is 1. The molecule has 148 valence electrons. The Morgan fingerprint density at radius 1 is 1.18 bits per heavy atom. The molecule has 0 unspecified atom stereocenters. The normalized spacial score (nSPS) is 14.6. The van der Waals surface area contributed by atoms with E-state index in [4.69, 9.17) is 12.2 Å². The Morgan fingerprint density at radius 2 is 1.89 bits per heavy atom. The van der Waals surface area contributed by atoms with E-state index in [1.807, 2.05) is 36.4 Å². The number of piperidine rings is 1. The molecule has 0 bridgehead atoms. The van der Waals surface area contributed by atoms with E-state index in [2.05, 4.69) is 15.5 Å². The third kappa shape index (κ3) is 5.76. The van der Waals surface area contributed by atoms with Gasteiger partial charge in [-0.05, 0) is 61.7 Å². The van der Waals surface area contributed by atoms with Crippen LogP contribution in [0.15, 0.2) is 48.5 Å². The zero-order chi connectivity index (χ0) is 19.9. The SMILES string of the molecule is Cc1ccc(NC(=S)N2CCC(NC(=O)CCc3ccccc3)CC2)cc1F. The van der Waals surface area contributed by atoms with Crippen molar-refractivity contribution in [2.45, 2.75) is 38.6 Å². The molecule has 0 aliphatic carbocycles. The molecule has 0 aromatic heterocycles. The molecule has 1 saturated heterocycles. The first kappa shape index (κ1) is 20.3. The van der Waals surface area contributed by atoms with Crippen LogP contribution in [0.1, 0.15) is 30.4 Å². The van der Waals surface area contributed by atoms with E-state index in [0.717, 1.165) is 32.4 Å². The number of hydrogen-bond donors (Lipinski definition) is 2. The Labute approximate surface area is 171 Å². The van der Waals surface area contributed by atoms with E-state index < -0.39 is 0 Å². The van der Waals surface area contributed by atoms with Gasteiger partial charge in [0.1, 0.15) is 5.82 Å². The van der Waals surface area contributed by atoms with Gasteiger partial charge in [-0.25, -0.2) is 4.39 Å². The summed E-state index contributed by atoms with van der Waals surface area (Å²) >= 11 is 5.46. The Balaban J connectivity index is 1.40. The lowest BCUT2D eigenvalue weighted by molar-refractivity contribution is -0.122. The first-order chi connectivity index (χ1) is 13.5. The number of thiocarbonyl (C=S) groups is 1. The quantitative estimate of drug-likeness (QED) is 0.745. The molecular weight excluding hydrogens is 373 g/mol. The molecule has 28 heavy (non-hydrogen) atoms. The Bertz CT molecular complexity index is 820. The van der Waals surface area contributed by atoms with Gasteiger partial charge in [0.15, 0.2) is 5.11 Å². The lowest BCUT2D eigenvalue weighted by Gasteiger charge is -2.34. The van der Waals surface area contributed by atoms with E-state index in [9.17, 15) is 9.18 Å². The number of benzene rings is 2. The standard InChI is InChI=1S/C22H26FN3OS/c1-16-7-9-19(15-20(16)23)25-22(28)26-13-11-18(12-14-26)24-21(27)10-8-17-5-3-2-4-6-17/h2-7,9,15,18H,8,10-14H2,1H3,(H,24,27)(H,25,28). The van der Waals surface area contributed by atoms with Gasteiger partial charge < -0.3 is 15.5 Å². The predicted octanol–water partition coefficient (Wildman–Crippen LogP) is 4.04. The maximum absolute atomic E-state index is 13.7. The van der Waals surface area contributed by atoms with Crippen molar-refractivity contribution in [1.29, 1.82) is 0 Å². The van der Waals surface area contributed by atoms with Crippen molar-refractivity contribution in [2.24, 2.45) is 0 Å². The van der Waals surface area contributed by atoms with Gasteiger partial charge in [-0.15, -0.1) is 0 Å². The summed E-state index contributed by atoms with van der Waals surface area (Å²) in [6.45, 7) is 3.27. The lowest BCUT2D eigenvalue weighted by atomic mass is 10.0. The van der Waals surface area contributed by atoms with Gasteiger partial charge in [-0.1, -0.05) is 36.4 Å². The summed E-state index contributed by atoms with van der Waals surface area (Å²) in [6.07, 6.45) is 2.96.